The summed E-state index contributed by atoms with van der Waals surface area (Å²) >= 11 is 5.96. The summed E-state index contributed by atoms with van der Waals surface area (Å²) < 4.78 is 35.8. The summed E-state index contributed by atoms with van der Waals surface area (Å²) in [6, 6.07) is 2.54. The van der Waals surface area contributed by atoms with E-state index in [1.165, 1.54) is 6.07 Å². The maximum Gasteiger partial charge on any atom is 0.255 e. The van der Waals surface area contributed by atoms with Crippen LogP contribution in [0.1, 0.15) is 28.8 Å². The molecule has 0 aliphatic carbocycles. The van der Waals surface area contributed by atoms with E-state index in [4.69, 9.17) is 16.7 Å². The lowest BCUT2D eigenvalue weighted by Gasteiger charge is -2.32. The van der Waals surface area contributed by atoms with Gasteiger partial charge in [-0.05, 0) is 43.4 Å². The highest BCUT2D eigenvalue weighted by atomic mass is 35.5. The average Bonchev–Trinajstić information content (AvgIpc) is 2.40. The zero-order valence-electron chi connectivity index (χ0n) is 12.2. The lowest BCUT2D eigenvalue weighted by Crippen LogP contribution is -2.42. The van der Waals surface area contributed by atoms with Crippen LogP contribution in [0.4, 0.5) is 4.39 Å². The van der Waals surface area contributed by atoms with Crippen molar-refractivity contribution in [3.05, 3.63) is 34.1 Å². The fraction of sp³-hybridized carbons (Fsp3) is 0.500. The Morgan fingerprint density at radius 1 is 1.50 bits per heavy atom. The first kappa shape index (κ1) is 17.2. The number of nitrogens with two attached hydrogens (primary N) is 1. The van der Waals surface area contributed by atoms with Gasteiger partial charge in [0.1, 0.15) is 5.82 Å². The third-order valence-corrected chi connectivity index (χ3v) is 5.00. The van der Waals surface area contributed by atoms with Gasteiger partial charge in [-0.3, -0.25) is 4.79 Å². The predicted molar refractivity (Wildman–Crippen MR) is 82.7 cm³/mol. The largest absolute Gasteiger partial charge is 0.338 e. The first-order chi connectivity index (χ1) is 10.2. The molecule has 5 nitrogen and oxygen atoms in total. The number of piperidine rings is 1. The Kier molecular flexibility index (Phi) is 5.09. The molecule has 1 amide bonds. The van der Waals surface area contributed by atoms with E-state index in [0.29, 0.717) is 31.5 Å². The lowest BCUT2D eigenvalue weighted by molar-refractivity contribution is 0.0684. The number of nitrogens with zero attached hydrogens (tertiary/aromatic N) is 1. The van der Waals surface area contributed by atoms with Gasteiger partial charge >= 0.3 is 0 Å². The van der Waals surface area contributed by atoms with Gasteiger partial charge in [-0.2, -0.15) is 0 Å². The zero-order valence-corrected chi connectivity index (χ0v) is 13.8. The van der Waals surface area contributed by atoms with Crippen molar-refractivity contribution in [3.8, 4) is 0 Å². The molecule has 1 fully saturated rings. The number of likely N-dealkylation sites (tertiary alicyclic amines) is 1. The molecule has 122 valence electrons. The second kappa shape index (κ2) is 6.52. The number of hydrogen-bond donors (Lipinski definition) is 1. The number of hydrogen-bond acceptors (Lipinski definition) is 3. The summed E-state index contributed by atoms with van der Waals surface area (Å²) in [5.74, 6) is -1.11. The van der Waals surface area contributed by atoms with E-state index in [1.54, 1.807) is 11.8 Å². The molecule has 2 N–H and O–H groups in total. The molecule has 0 bridgehead atoms. The van der Waals surface area contributed by atoms with Crippen molar-refractivity contribution in [2.75, 3.05) is 18.8 Å². The van der Waals surface area contributed by atoms with E-state index < -0.39 is 15.8 Å². The monoisotopic (exact) mass is 348 g/mol. The van der Waals surface area contributed by atoms with Crippen LogP contribution >= 0.6 is 11.6 Å². The van der Waals surface area contributed by atoms with Gasteiger partial charge < -0.3 is 4.90 Å². The molecule has 1 unspecified atom stereocenters. The molecule has 1 aliphatic rings. The van der Waals surface area contributed by atoms with Crippen molar-refractivity contribution in [1.29, 1.82) is 0 Å². The minimum atomic E-state index is -3.57. The van der Waals surface area contributed by atoms with E-state index >= 15 is 0 Å². The molecule has 0 spiro atoms. The number of aryl methyl sites for hydroxylation is 1. The molecule has 22 heavy (non-hydrogen) atoms. The van der Waals surface area contributed by atoms with Gasteiger partial charge in [0.2, 0.25) is 10.0 Å². The van der Waals surface area contributed by atoms with Crippen molar-refractivity contribution >= 4 is 27.5 Å². The molecule has 1 aromatic rings. The number of carbonyl (C=O) groups is 1. The summed E-state index contributed by atoms with van der Waals surface area (Å²) in [6.07, 6.45) is 1.40. The Hall–Kier alpha value is -1.18. The van der Waals surface area contributed by atoms with Crippen molar-refractivity contribution in [1.82, 2.24) is 4.90 Å². The van der Waals surface area contributed by atoms with Crippen molar-refractivity contribution in [2.24, 2.45) is 11.1 Å². The van der Waals surface area contributed by atoms with Crippen molar-refractivity contribution < 1.29 is 17.6 Å². The van der Waals surface area contributed by atoms with E-state index in [2.05, 4.69) is 0 Å². The molecule has 8 heteroatoms. The summed E-state index contributed by atoms with van der Waals surface area (Å²) in [4.78, 5) is 14.1. The van der Waals surface area contributed by atoms with Crippen LogP contribution in [-0.4, -0.2) is 38.1 Å². The molecule has 0 saturated carbocycles. The van der Waals surface area contributed by atoms with Crippen molar-refractivity contribution in [3.63, 3.8) is 0 Å². The van der Waals surface area contributed by atoms with Crippen LogP contribution in [0.3, 0.4) is 0 Å². The third-order valence-electron chi connectivity index (χ3n) is 3.75. The smallest absolute Gasteiger partial charge is 0.255 e. The predicted octanol–water partition coefficient (Wildman–Crippen LogP) is 1.93. The standard InChI is InChI=1S/C14H18ClFN2O3S/c1-9-5-11(12(15)6-13(9)16)14(19)18-4-2-3-10(7-18)8-22(17,20)21/h5-6,10H,2-4,7-8H2,1H3,(H2,17,20,21). The van der Waals surface area contributed by atoms with Crippen LogP contribution in [0.15, 0.2) is 12.1 Å². The Morgan fingerprint density at radius 3 is 2.82 bits per heavy atom. The Balaban J connectivity index is 2.17. The molecule has 1 heterocycles. The normalized spacial score (nSPS) is 19.3. The summed E-state index contributed by atoms with van der Waals surface area (Å²) in [5.41, 5.74) is 0.572. The Morgan fingerprint density at radius 2 is 2.18 bits per heavy atom. The third kappa shape index (κ3) is 4.18. The lowest BCUT2D eigenvalue weighted by atomic mass is 9.99. The number of benzene rings is 1. The van der Waals surface area contributed by atoms with Crippen LogP contribution in [0.2, 0.25) is 5.02 Å². The molecule has 1 atom stereocenters. The van der Waals surface area contributed by atoms with Crippen LogP contribution in [0, 0.1) is 18.7 Å². The molecule has 1 aliphatic heterocycles. The molecular weight excluding hydrogens is 331 g/mol. The maximum absolute atomic E-state index is 13.4. The summed E-state index contributed by atoms with van der Waals surface area (Å²) in [6.45, 7) is 2.39. The highest BCUT2D eigenvalue weighted by molar-refractivity contribution is 7.89. The van der Waals surface area contributed by atoms with E-state index in [0.717, 1.165) is 6.07 Å². The minimum absolute atomic E-state index is 0.0571. The average molecular weight is 349 g/mol. The highest BCUT2D eigenvalue weighted by Gasteiger charge is 2.28. The fourth-order valence-electron chi connectivity index (χ4n) is 2.71. The van der Waals surface area contributed by atoms with Gasteiger partial charge in [-0.25, -0.2) is 17.9 Å². The topological polar surface area (TPSA) is 80.5 Å². The first-order valence-electron chi connectivity index (χ1n) is 6.93. The van der Waals surface area contributed by atoms with Crippen LogP contribution in [-0.2, 0) is 10.0 Å². The van der Waals surface area contributed by atoms with Gasteiger partial charge in [0.25, 0.3) is 5.91 Å². The molecule has 1 aromatic carbocycles. The second-order valence-corrected chi connectivity index (χ2v) is 7.74. The summed E-state index contributed by atoms with van der Waals surface area (Å²) in [5, 5.41) is 5.12. The van der Waals surface area contributed by atoms with Gasteiger partial charge in [-0.15, -0.1) is 0 Å². The van der Waals surface area contributed by atoms with Crippen LogP contribution < -0.4 is 5.14 Å². The maximum atomic E-state index is 13.4. The molecule has 0 radical (unpaired) electrons. The highest BCUT2D eigenvalue weighted by Crippen LogP contribution is 2.25. The number of halogens is 2. The number of amides is 1. The van der Waals surface area contributed by atoms with E-state index in [9.17, 15) is 17.6 Å². The van der Waals surface area contributed by atoms with E-state index in [-0.39, 0.29) is 28.2 Å². The molecule has 0 aromatic heterocycles. The van der Waals surface area contributed by atoms with Gasteiger partial charge in [0.05, 0.1) is 16.3 Å². The van der Waals surface area contributed by atoms with Crippen molar-refractivity contribution in [2.45, 2.75) is 19.8 Å². The van der Waals surface area contributed by atoms with Crippen LogP contribution in [0.25, 0.3) is 0 Å². The quantitative estimate of drug-likeness (QED) is 0.906. The van der Waals surface area contributed by atoms with Crippen LogP contribution in [0.5, 0.6) is 0 Å². The number of sulfonamides is 1. The number of rotatable bonds is 3. The summed E-state index contributed by atoms with van der Waals surface area (Å²) in [7, 11) is -3.57. The first-order valence-corrected chi connectivity index (χ1v) is 9.02. The fourth-order valence-corrected chi connectivity index (χ4v) is 3.87. The minimum Gasteiger partial charge on any atom is -0.338 e. The SMILES string of the molecule is Cc1cc(C(=O)N2CCCC(CS(N)(=O)=O)C2)c(Cl)cc1F. The second-order valence-electron chi connectivity index (χ2n) is 5.67. The van der Waals surface area contributed by atoms with Gasteiger partial charge in [-0.1, -0.05) is 11.6 Å². The van der Waals surface area contributed by atoms with Gasteiger partial charge in [0.15, 0.2) is 0 Å². The van der Waals surface area contributed by atoms with E-state index in [1.807, 2.05) is 0 Å². The zero-order chi connectivity index (χ0) is 16.5. The molecular formula is C14H18ClFN2O3S. The molecule has 1 saturated heterocycles. The molecule has 2 rings (SSSR count). The number of carbonyl (C=O) groups excluding carboxylic acids is 1. The Labute approximate surface area is 134 Å². The van der Waals surface area contributed by atoms with Gasteiger partial charge in [0, 0.05) is 13.1 Å². The number of primary sulfonamides is 1. The Bertz CT molecular complexity index is 694.